The number of fused-ring (bicyclic) bond motifs is 3. The zero-order valence-corrected chi connectivity index (χ0v) is 16.0. The van der Waals surface area contributed by atoms with Gasteiger partial charge < -0.3 is 15.2 Å². The Bertz CT molecular complexity index is 863. The normalized spacial score (nSPS) is 23.1. The molecule has 2 N–H and O–H groups in total. The van der Waals surface area contributed by atoms with Gasteiger partial charge >= 0.3 is 12.1 Å². The van der Waals surface area contributed by atoms with Gasteiger partial charge in [-0.1, -0.05) is 55.5 Å². The minimum atomic E-state index is -0.895. The molecule has 2 atom stereocenters. The largest absolute Gasteiger partial charge is 0.481 e. The van der Waals surface area contributed by atoms with E-state index in [1.165, 1.54) is 11.1 Å². The molecular formula is C23H25NO4. The van der Waals surface area contributed by atoms with Gasteiger partial charge in [0.05, 0.1) is 12.0 Å². The molecule has 0 aliphatic heterocycles. The number of carbonyl (C=O) groups is 2. The van der Waals surface area contributed by atoms with Crippen LogP contribution in [0, 0.1) is 5.92 Å². The molecule has 0 bridgehead atoms. The molecule has 28 heavy (non-hydrogen) atoms. The van der Waals surface area contributed by atoms with Crippen LogP contribution in [0.15, 0.2) is 48.5 Å². The second-order valence-corrected chi connectivity index (χ2v) is 8.15. The van der Waals surface area contributed by atoms with Gasteiger partial charge in [-0.25, -0.2) is 4.79 Å². The van der Waals surface area contributed by atoms with Crippen LogP contribution in [0.2, 0.25) is 0 Å². The Balaban J connectivity index is 1.47. The summed E-state index contributed by atoms with van der Waals surface area (Å²) in [5.41, 5.74) is 3.98. The smallest absolute Gasteiger partial charge is 0.407 e. The highest BCUT2D eigenvalue weighted by Crippen LogP contribution is 2.44. The third-order valence-corrected chi connectivity index (χ3v) is 6.06. The van der Waals surface area contributed by atoms with Crippen molar-refractivity contribution in [3.63, 3.8) is 0 Å². The van der Waals surface area contributed by atoms with Crippen LogP contribution >= 0.6 is 0 Å². The minimum absolute atomic E-state index is 0.00363. The lowest BCUT2D eigenvalue weighted by Gasteiger charge is -2.29. The number of carboxylic acids is 1. The highest BCUT2D eigenvalue weighted by atomic mass is 16.5. The fourth-order valence-corrected chi connectivity index (χ4v) is 4.85. The van der Waals surface area contributed by atoms with Gasteiger partial charge in [-0.2, -0.15) is 0 Å². The van der Waals surface area contributed by atoms with Crippen molar-refractivity contribution < 1.29 is 19.4 Å². The first kappa shape index (κ1) is 18.5. The predicted octanol–water partition coefficient (Wildman–Crippen LogP) is 4.56. The van der Waals surface area contributed by atoms with Crippen molar-refractivity contribution >= 4 is 12.1 Å². The van der Waals surface area contributed by atoms with Crippen LogP contribution in [0.1, 0.15) is 49.7 Å². The third kappa shape index (κ3) is 3.49. The van der Waals surface area contributed by atoms with Crippen LogP contribution < -0.4 is 5.32 Å². The molecule has 5 nitrogen and oxygen atoms in total. The molecule has 0 saturated heterocycles. The summed E-state index contributed by atoms with van der Waals surface area (Å²) < 4.78 is 5.60. The average molecular weight is 379 g/mol. The average Bonchev–Trinajstić information content (AvgIpc) is 3.17. The van der Waals surface area contributed by atoms with E-state index in [0.717, 1.165) is 17.5 Å². The minimum Gasteiger partial charge on any atom is -0.481 e. The van der Waals surface area contributed by atoms with Crippen molar-refractivity contribution in [1.29, 1.82) is 0 Å². The Morgan fingerprint density at radius 1 is 1.11 bits per heavy atom. The number of benzene rings is 2. The monoisotopic (exact) mass is 379 g/mol. The lowest BCUT2D eigenvalue weighted by molar-refractivity contribution is -0.138. The number of amides is 1. The van der Waals surface area contributed by atoms with Crippen LogP contribution in [0.5, 0.6) is 0 Å². The molecule has 2 aliphatic rings. The van der Waals surface area contributed by atoms with Crippen molar-refractivity contribution in [2.24, 2.45) is 5.92 Å². The summed E-state index contributed by atoms with van der Waals surface area (Å²) in [7, 11) is 0. The van der Waals surface area contributed by atoms with E-state index in [4.69, 9.17) is 4.74 Å². The molecule has 0 heterocycles. The van der Waals surface area contributed by atoms with Gasteiger partial charge in [0, 0.05) is 5.92 Å². The molecule has 146 valence electrons. The number of ether oxygens (including phenoxy) is 1. The quantitative estimate of drug-likeness (QED) is 0.799. The van der Waals surface area contributed by atoms with Crippen LogP contribution in [0.3, 0.4) is 0 Å². The summed E-state index contributed by atoms with van der Waals surface area (Å²) in [5.74, 6) is -0.502. The van der Waals surface area contributed by atoms with Crippen LogP contribution in [-0.2, 0) is 9.53 Å². The zero-order chi connectivity index (χ0) is 19.7. The highest BCUT2D eigenvalue weighted by molar-refractivity contribution is 5.79. The van der Waals surface area contributed by atoms with Crippen LogP contribution in [-0.4, -0.2) is 29.3 Å². The molecule has 4 rings (SSSR count). The molecule has 1 fully saturated rings. The maximum atomic E-state index is 12.5. The summed E-state index contributed by atoms with van der Waals surface area (Å²) >= 11 is 0. The number of rotatable bonds is 5. The molecule has 1 saturated carbocycles. The number of hydrogen-bond donors (Lipinski definition) is 2. The predicted molar refractivity (Wildman–Crippen MR) is 106 cm³/mol. The van der Waals surface area contributed by atoms with Gasteiger partial charge in [0.2, 0.25) is 0 Å². The first-order valence-electron chi connectivity index (χ1n) is 9.82. The number of alkyl carbamates (subject to hydrolysis) is 1. The van der Waals surface area contributed by atoms with Gasteiger partial charge in [-0.15, -0.1) is 0 Å². The van der Waals surface area contributed by atoms with Gasteiger partial charge in [0.25, 0.3) is 0 Å². The lowest BCUT2D eigenvalue weighted by atomic mass is 9.92. The Morgan fingerprint density at radius 2 is 1.71 bits per heavy atom. The molecule has 0 aromatic heterocycles. The van der Waals surface area contributed by atoms with E-state index in [-0.39, 0.29) is 18.9 Å². The number of hydrogen-bond acceptors (Lipinski definition) is 3. The molecule has 2 unspecified atom stereocenters. The molecule has 5 heteroatoms. The number of carbonyl (C=O) groups excluding carboxylic acids is 1. The second kappa shape index (κ2) is 7.30. The summed E-state index contributed by atoms with van der Waals surface area (Å²) in [6, 6.07) is 16.4. The first-order valence-corrected chi connectivity index (χ1v) is 9.82. The Hall–Kier alpha value is -2.82. The maximum absolute atomic E-state index is 12.5. The molecule has 0 spiro atoms. The van der Waals surface area contributed by atoms with Gasteiger partial charge in [-0.05, 0) is 47.4 Å². The molecule has 2 aromatic carbocycles. The zero-order valence-electron chi connectivity index (χ0n) is 16.0. The Morgan fingerprint density at radius 3 is 2.25 bits per heavy atom. The topological polar surface area (TPSA) is 75.6 Å². The Labute approximate surface area is 164 Å². The standard InChI is InChI=1S/C23H25NO4/c1-15-10-11-23(12-15,13-21(25)26)24-22(27)28-14-20-18-8-4-2-6-16(18)17-7-3-5-9-19(17)20/h2-9,15,20H,10-14H2,1H3,(H,24,27)(H,25,26). The van der Waals surface area contributed by atoms with Gasteiger partial charge in [-0.3, -0.25) is 4.79 Å². The maximum Gasteiger partial charge on any atom is 0.407 e. The summed E-state index contributed by atoms with van der Waals surface area (Å²) in [5, 5.41) is 12.2. The van der Waals surface area contributed by atoms with E-state index in [9.17, 15) is 14.7 Å². The van der Waals surface area contributed by atoms with E-state index >= 15 is 0 Å². The van der Waals surface area contributed by atoms with Crippen molar-refractivity contribution in [3.8, 4) is 11.1 Å². The number of carboxylic acid groups (broad SMARTS) is 1. The fraction of sp³-hybridized carbons (Fsp3) is 0.391. The highest BCUT2D eigenvalue weighted by Gasteiger charge is 2.41. The van der Waals surface area contributed by atoms with E-state index in [2.05, 4.69) is 36.5 Å². The van der Waals surface area contributed by atoms with Gasteiger partial charge in [0.15, 0.2) is 0 Å². The number of aliphatic carboxylic acids is 1. The van der Waals surface area contributed by atoms with Crippen LogP contribution in [0.4, 0.5) is 4.79 Å². The van der Waals surface area contributed by atoms with E-state index in [0.29, 0.717) is 18.8 Å². The second-order valence-electron chi connectivity index (χ2n) is 8.15. The Kier molecular flexibility index (Phi) is 4.84. The summed E-state index contributed by atoms with van der Waals surface area (Å²) in [6.07, 6.45) is 1.66. The van der Waals surface area contributed by atoms with E-state index in [1.54, 1.807) is 0 Å². The van der Waals surface area contributed by atoms with E-state index < -0.39 is 17.6 Å². The third-order valence-electron chi connectivity index (χ3n) is 6.06. The summed E-state index contributed by atoms with van der Waals surface area (Å²) in [4.78, 5) is 23.8. The van der Waals surface area contributed by atoms with E-state index in [1.807, 2.05) is 24.3 Å². The lowest BCUT2D eigenvalue weighted by Crippen LogP contribution is -2.48. The number of nitrogens with one attached hydrogen (secondary N) is 1. The van der Waals surface area contributed by atoms with Crippen molar-refractivity contribution in [2.75, 3.05) is 6.61 Å². The molecule has 1 amide bonds. The molecule has 0 radical (unpaired) electrons. The van der Waals surface area contributed by atoms with Gasteiger partial charge in [0.1, 0.15) is 6.61 Å². The first-order chi connectivity index (χ1) is 13.5. The van der Waals surface area contributed by atoms with Crippen molar-refractivity contribution in [2.45, 2.75) is 44.1 Å². The van der Waals surface area contributed by atoms with Crippen LogP contribution in [0.25, 0.3) is 11.1 Å². The SMILES string of the molecule is CC1CCC(CC(=O)O)(NC(=O)OCC2c3ccccc3-c3ccccc32)C1. The fourth-order valence-electron chi connectivity index (χ4n) is 4.85. The molecule has 2 aliphatic carbocycles. The van der Waals surface area contributed by atoms with Crippen molar-refractivity contribution in [1.82, 2.24) is 5.32 Å². The van der Waals surface area contributed by atoms with Crippen molar-refractivity contribution in [3.05, 3.63) is 59.7 Å². The molecular weight excluding hydrogens is 354 g/mol. The summed E-state index contributed by atoms with van der Waals surface area (Å²) in [6.45, 7) is 2.32. The molecule has 2 aromatic rings.